The molecule has 3 heterocycles. The van der Waals surface area contributed by atoms with Crippen molar-refractivity contribution in [2.75, 3.05) is 0 Å². The molecule has 0 amide bonds. The van der Waals surface area contributed by atoms with E-state index in [0.29, 0.717) is 0 Å². The Morgan fingerprint density at radius 3 is 0.963 bits per heavy atom. The lowest BCUT2D eigenvalue weighted by molar-refractivity contribution is 1.38. The van der Waals surface area contributed by atoms with Gasteiger partial charge in [-0.3, -0.25) is 0 Å². The Labute approximate surface area is 311 Å². The van der Waals surface area contributed by atoms with E-state index >= 15 is 0 Å². The van der Waals surface area contributed by atoms with Gasteiger partial charge in [-0.25, -0.2) is 15.0 Å². The first-order valence-electron chi connectivity index (χ1n) is 18.3. The van der Waals surface area contributed by atoms with Gasteiger partial charge in [-0.1, -0.05) is 109 Å². The first-order valence-corrected chi connectivity index (χ1v) is 18.3. The lowest BCUT2D eigenvalue weighted by Crippen LogP contribution is -1.92. The van der Waals surface area contributed by atoms with Crippen LogP contribution in [0, 0.1) is 0 Å². The van der Waals surface area contributed by atoms with Crippen molar-refractivity contribution in [3.63, 3.8) is 0 Å². The van der Waals surface area contributed by atoms with Crippen LogP contribution in [0.4, 0.5) is 0 Å². The molecule has 0 aliphatic rings. The van der Waals surface area contributed by atoms with Crippen molar-refractivity contribution in [3.8, 4) is 44.9 Å². The van der Waals surface area contributed by atoms with E-state index in [1.807, 2.05) is 0 Å². The highest BCUT2D eigenvalue weighted by Gasteiger charge is 2.13. The van der Waals surface area contributed by atoms with E-state index < -0.39 is 0 Å². The Balaban J connectivity index is 1.07. The standard InChI is InChI=1S/C51H31N3/c1-4-11-36-29-49-40(22-32(36)8-1)16-19-46(52-49)39-15-7-14-35(25-39)43-26-44(47-20-17-41-23-33-9-2-5-12-37(33)30-50(41)53-47)28-45(27-43)48-21-18-42-24-34-10-3-6-13-38(34)31-51(42)54-48/h1-31H. The predicted molar refractivity (Wildman–Crippen MR) is 227 cm³/mol. The molecular weight excluding hydrogens is 655 g/mol. The van der Waals surface area contributed by atoms with Gasteiger partial charge in [0.05, 0.1) is 33.6 Å². The Morgan fingerprint density at radius 2 is 0.537 bits per heavy atom. The summed E-state index contributed by atoms with van der Waals surface area (Å²) in [5.41, 5.74) is 11.1. The smallest absolute Gasteiger partial charge is 0.0715 e. The summed E-state index contributed by atoms with van der Waals surface area (Å²) in [6, 6.07) is 67.0. The van der Waals surface area contributed by atoms with Crippen LogP contribution in [0.1, 0.15) is 0 Å². The van der Waals surface area contributed by atoms with Gasteiger partial charge in [-0.05, 0) is 122 Å². The van der Waals surface area contributed by atoms with E-state index in [4.69, 9.17) is 15.0 Å². The van der Waals surface area contributed by atoms with Crippen LogP contribution in [0.3, 0.4) is 0 Å². The number of benzene rings is 8. The lowest BCUT2D eigenvalue weighted by Gasteiger charge is -2.13. The molecule has 8 aromatic carbocycles. The first kappa shape index (κ1) is 30.4. The maximum absolute atomic E-state index is 5.23. The largest absolute Gasteiger partial charge is 0.248 e. The van der Waals surface area contributed by atoms with Crippen LogP contribution in [0.2, 0.25) is 0 Å². The molecule has 0 aliphatic heterocycles. The van der Waals surface area contributed by atoms with Gasteiger partial charge in [-0.15, -0.1) is 0 Å². The molecule has 0 unspecified atom stereocenters. The number of fused-ring (bicyclic) bond motifs is 6. The Bertz CT molecular complexity index is 3150. The Morgan fingerprint density at radius 1 is 0.204 bits per heavy atom. The van der Waals surface area contributed by atoms with Crippen LogP contribution in [0.5, 0.6) is 0 Å². The van der Waals surface area contributed by atoms with Gasteiger partial charge in [0.1, 0.15) is 0 Å². The van der Waals surface area contributed by atoms with Crippen molar-refractivity contribution >= 4 is 65.0 Å². The molecule has 0 bridgehead atoms. The van der Waals surface area contributed by atoms with Gasteiger partial charge >= 0.3 is 0 Å². The normalized spacial score (nSPS) is 11.7. The van der Waals surface area contributed by atoms with Crippen molar-refractivity contribution in [2.45, 2.75) is 0 Å². The molecule has 250 valence electrons. The highest BCUT2D eigenvalue weighted by Crippen LogP contribution is 2.36. The number of rotatable bonds is 4. The number of hydrogen-bond acceptors (Lipinski definition) is 3. The zero-order valence-electron chi connectivity index (χ0n) is 29.2. The molecule has 0 N–H and O–H groups in total. The molecule has 0 spiro atoms. The van der Waals surface area contributed by atoms with Gasteiger partial charge in [0, 0.05) is 32.8 Å². The van der Waals surface area contributed by atoms with E-state index in [1.165, 1.54) is 32.3 Å². The molecule has 0 saturated heterocycles. The number of hydrogen-bond donors (Lipinski definition) is 0. The molecule has 3 nitrogen and oxygen atoms in total. The van der Waals surface area contributed by atoms with Crippen molar-refractivity contribution in [1.29, 1.82) is 0 Å². The van der Waals surface area contributed by atoms with Crippen molar-refractivity contribution in [3.05, 3.63) is 188 Å². The second-order valence-corrected chi connectivity index (χ2v) is 14.1. The van der Waals surface area contributed by atoms with Gasteiger partial charge in [0.15, 0.2) is 0 Å². The second-order valence-electron chi connectivity index (χ2n) is 14.1. The third-order valence-electron chi connectivity index (χ3n) is 10.7. The van der Waals surface area contributed by atoms with Gasteiger partial charge in [0.2, 0.25) is 0 Å². The summed E-state index contributed by atoms with van der Waals surface area (Å²) in [6.45, 7) is 0. The average Bonchev–Trinajstić information content (AvgIpc) is 3.23. The van der Waals surface area contributed by atoms with E-state index in [9.17, 15) is 0 Å². The fourth-order valence-corrected chi connectivity index (χ4v) is 7.87. The van der Waals surface area contributed by atoms with Crippen molar-refractivity contribution in [2.24, 2.45) is 0 Å². The van der Waals surface area contributed by atoms with Crippen LogP contribution in [0.25, 0.3) is 110 Å². The maximum Gasteiger partial charge on any atom is 0.0715 e. The summed E-state index contributed by atoms with van der Waals surface area (Å²) in [4.78, 5) is 15.6. The molecule has 0 radical (unpaired) electrons. The van der Waals surface area contributed by atoms with Crippen LogP contribution in [0.15, 0.2) is 188 Å². The molecule has 0 fully saturated rings. The summed E-state index contributed by atoms with van der Waals surface area (Å²) in [6.07, 6.45) is 0. The molecule has 3 aromatic heterocycles. The van der Waals surface area contributed by atoms with Crippen LogP contribution >= 0.6 is 0 Å². The monoisotopic (exact) mass is 685 g/mol. The minimum absolute atomic E-state index is 0.923. The summed E-state index contributed by atoms with van der Waals surface area (Å²) in [5, 5.41) is 10.6. The summed E-state index contributed by atoms with van der Waals surface area (Å²) < 4.78 is 0. The fraction of sp³-hybridized carbons (Fsp3) is 0. The van der Waals surface area contributed by atoms with Crippen LogP contribution in [-0.4, -0.2) is 15.0 Å². The SMILES string of the molecule is c1cc(-c2cc(-c3ccc4cc5ccccc5cc4n3)cc(-c3ccc4cc5ccccc5cc4n3)c2)cc(-c2ccc3cc4ccccc4cc3n2)c1. The number of pyridine rings is 3. The molecule has 54 heavy (non-hydrogen) atoms. The average molecular weight is 686 g/mol. The molecule has 11 rings (SSSR count). The minimum Gasteiger partial charge on any atom is -0.248 e. The summed E-state index contributed by atoms with van der Waals surface area (Å²) in [7, 11) is 0. The van der Waals surface area contributed by atoms with E-state index in [0.717, 1.165) is 77.6 Å². The number of nitrogens with zero attached hydrogens (tertiary/aromatic N) is 3. The van der Waals surface area contributed by atoms with Gasteiger partial charge in [0.25, 0.3) is 0 Å². The Kier molecular flexibility index (Phi) is 6.86. The first-order chi connectivity index (χ1) is 26.7. The van der Waals surface area contributed by atoms with E-state index in [2.05, 4.69) is 188 Å². The van der Waals surface area contributed by atoms with E-state index in [1.54, 1.807) is 0 Å². The third-order valence-corrected chi connectivity index (χ3v) is 10.7. The second kappa shape index (κ2) is 12.2. The predicted octanol–water partition coefficient (Wildman–Crippen LogP) is 13.5. The third kappa shape index (κ3) is 5.34. The molecule has 3 heteroatoms. The minimum atomic E-state index is 0.923. The van der Waals surface area contributed by atoms with Crippen LogP contribution in [-0.2, 0) is 0 Å². The summed E-state index contributed by atoms with van der Waals surface area (Å²) in [5.74, 6) is 0. The fourth-order valence-electron chi connectivity index (χ4n) is 7.87. The van der Waals surface area contributed by atoms with Crippen molar-refractivity contribution in [1.82, 2.24) is 15.0 Å². The molecule has 0 aliphatic carbocycles. The zero-order chi connectivity index (χ0) is 35.6. The van der Waals surface area contributed by atoms with Crippen molar-refractivity contribution < 1.29 is 0 Å². The molecule has 11 aromatic rings. The number of aromatic nitrogens is 3. The Hall–Kier alpha value is -7.23. The quantitative estimate of drug-likeness (QED) is 0.173. The highest BCUT2D eigenvalue weighted by atomic mass is 14.7. The lowest BCUT2D eigenvalue weighted by atomic mass is 9.94. The molecular formula is C51H31N3. The molecule has 0 atom stereocenters. The maximum atomic E-state index is 5.23. The highest BCUT2D eigenvalue weighted by molar-refractivity contribution is 6.00. The van der Waals surface area contributed by atoms with E-state index in [-0.39, 0.29) is 0 Å². The summed E-state index contributed by atoms with van der Waals surface area (Å²) >= 11 is 0. The van der Waals surface area contributed by atoms with Gasteiger partial charge in [-0.2, -0.15) is 0 Å². The van der Waals surface area contributed by atoms with Crippen LogP contribution < -0.4 is 0 Å². The topological polar surface area (TPSA) is 38.7 Å². The molecule has 0 saturated carbocycles. The van der Waals surface area contributed by atoms with Gasteiger partial charge < -0.3 is 0 Å². The zero-order valence-corrected chi connectivity index (χ0v) is 29.2.